The van der Waals surface area contributed by atoms with Gasteiger partial charge in [0.25, 0.3) is 0 Å². The molecule has 1 aromatic carbocycles. The van der Waals surface area contributed by atoms with E-state index in [4.69, 9.17) is 14.2 Å². The Hall–Kier alpha value is -2.50. The lowest BCUT2D eigenvalue weighted by Crippen LogP contribution is -1.97. The summed E-state index contributed by atoms with van der Waals surface area (Å²) in [5.41, 5.74) is 0.803. The lowest BCUT2D eigenvalue weighted by Gasteiger charge is -2.10. The molecule has 0 amide bonds. The molecule has 0 bridgehead atoms. The van der Waals surface area contributed by atoms with E-state index in [0.29, 0.717) is 23.2 Å². The number of hydrogen-bond acceptors (Lipinski definition) is 6. The fourth-order valence-electron chi connectivity index (χ4n) is 1.55. The van der Waals surface area contributed by atoms with Crippen LogP contribution in [0.1, 0.15) is 0 Å². The van der Waals surface area contributed by atoms with E-state index in [-0.39, 0.29) is 0 Å². The van der Waals surface area contributed by atoms with Crippen LogP contribution in [0.5, 0.6) is 17.4 Å². The highest BCUT2D eigenvalue weighted by molar-refractivity contribution is 5.61. The molecular weight excluding hydrogens is 246 g/mol. The highest BCUT2D eigenvalue weighted by Gasteiger charge is 2.04. The second-order valence-electron chi connectivity index (χ2n) is 3.67. The van der Waals surface area contributed by atoms with Gasteiger partial charge in [-0.25, -0.2) is 9.97 Å². The van der Waals surface area contributed by atoms with Crippen LogP contribution in [-0.2, 0) is 0 Å². The van der Waals surface area contributed by atoms with Gasteiger partial charge in [0.15, 0.2) is 0 Å². The molecule has 1 heterocycles. The molecule has 100 valence electrons. The summed E-state index contributed by atoms with van der Waals surface area (Å²) in [5, 5.41) is 3.14. The molecule has 6 heteroatoms. The zero-order valence-electron chi connectivity index (χ0n) is 11.0. The molecule has 0 aliphatic carbocycles. The highest BCUT2D eigenvalue weighted by Crippen LogP contribution is 2.27. The minimum absolute atomic E-state index is 0.493. The first-order valence-corrected chi connectivity index (χ1v) is 5.61. The van der Waals surface area contributed by atoms with Crippen LogP contribution in [0.3, 0.4) is 0 Å². The van der Waals surface area contributed by atoms with Gasteiger partial charge >= 0.3 is 0 Å². The van der Waals surface area contributed by atoms with E-state index in [2.05, 4.69) is 15.3 Å². The third kappa shape index (κ3) is 3.25. The molecule has 2 aromatic rings. The summed E-state index contributed by atoms with van der Waals surface area (Å²) in [7, 11) is 4.76. The van der Waals surface area contributed by atoms with Crippen LogP contribution in [-0.4, -0.2) is 31.3 Å². The van der Waals surface area contributed by atoms with Gasteiger partial charge in [-0.05, 0) is 0 Å². The maximum Gasteiger partial charge on any atom is 0.218 e. The normalized spacial score (nSPS) is 9.84. The molecule has 2 rings (SSSR count). The van der Waals surface area contributed by atoms with Crippen LogP contribution in [0.15, 0.2) is 30.6 Å². The molecule has 0 saturated carbocycles. The number of rotatable bonds is 5. The Labute approximate surface area is 111 Å². The third-order valence-corrected chi connectivity index (χ3v) is 2.47. The van der Waals surface area contributed by atoms with Gasteiger partial charge in [0.05, 0.1) is 21.3 Å². The van der Waals surface area contributed by atoms with E-state index in [1.807, 2.05) is 12.1 Å². The molecule has 19 heavy (non-hydrogen) atoms. The average molecular weight is 261 g/mol. The Morgan fingerprint density at radius 3 is 2.11 bits per heavy atom. The number of ether oxygens (including phenoxy) is 3. The molecule has 1 aromatic heterocycles. The molecule has 0 aliphatic rings. The van der Waals surface area contributed by atoms with E-state index in [1.54, 1.807) is 33.5 Å². The molecular formula is C13H15N3O3. The quantitative estimate of drug-likeness (QED) is 0.890. The van der Waals surface area contributed by atoms with Crippen LogP contribution in [0.4, 0.5) is 11.5 Å². The largest absolute Gasteiger partial charge is 0.497 e. The van der Waals surface area contributed by atoms with Crippen molar-refractivity contribution in [1.82, 2.24) is 9.97 Å². The molecule has 1 N–H and O–H groups in total. The summed E-state index contributed by atoms with van der Waals surface area (Å²) in [6, 6.07) is 7.19. The van der Waals surface area contributed by atoms with E-state index in [0.717, 1.165) is 5.69 Å². The molecule has 0 saturated heterocycles. The first kappa shape index (κ1) is 12.9. The van der Waals surface area contributed by atoms with Gasteiger partial charge in [-0.1, -0.05) is 0 Å². The molecule has 0 atom stereocenters. The third-order valence-electron chi connectivity index (χ3n) is 2.47. The zero-order chi connectivity index (χ0) is 13.7. The van der Waals surface area contributed by atoms with Crippen molar-refractivity contribution < 1.29 is 14.2 Å². The van der Waals surface area contributed by atoms with Crippen molar-refractivity contribution in [1.29, 1.82) is 0 Å². The number of methoxy groups -OCH3 is 3. The smallest absolute Gasteiger partial charge is 0.218 e. The van der Waals surface area contributed by atoms with Gasteiger partial charge in [-0.2, -0.15) is 0 Å². The van der Waals surface area contributed by atoms with Crippen LogP contribution < -0.4 is 19.5 Å². The highest BCUT2D eigenvalue weighted by atomic mass is 16.5. The first-order valence-electron chi connectivity index (χ1n) is 5.61. The number of hydrogen-bond donors (Lipinski definition) is 1. The lowest BCUT2D eigenvalue weighted by atomic mass is 10.2. The lowest BCUT2D eigenvalue weighted by molar-refractivity contribution is 0.395. The number of nitrogens with one attached hydrogen (secondary N) is 1. The number of aromatic nitrogens is 2. The van der Waals surface area contributed by atoms with Gasteiger partial charge in [0.1, 0.15) is 23.6 Å². The second-order valence-corrected chi connectivity index (χ2v) is 3.67. The predicted molar refractivity (Wildman–Crippen MR) is 71.4 cm³/mol. The van der Waals surface area contributed by atoms with Crippen LogP contribution >= 0.6 is 0 Å². The van der Waals surface area contributed by atoms with Gasteiger partial charge in [-0.15, -0.1) is 0 Å². The summed E-state index contributed by atoms with van der Waals surface area (Å²) in [6.07, 6.45) is 1.43. The van der Waals surface area contributed by atoms with Gasteiger partial charge in [0, 0.05) is 30.0 Å². The predicted octanol–water partition coefficient (Wildman–Crippen LogP) is 2.25. The summed E-state index contributed by atoms with van der Waals surface area (Å²) in [5.74, 6) is 2.51. The molecule has 0 fully saturated rings. The summed E-state index contributed by atoms with van der Waals surface area (Å²) in [4.78, 5) is 8.05. The zero-order valence-corrected chi connectivity index (χ0v) is 11.0. The topological polar surface area (TPSA) is 65.5 Å². The van der Waals surface area contributed by atoms with Crippen LogP contribution in [0.25, 0.3) is 0 Å². The molecule has 0 aliphatic heterocycles. The van der Waals surface area contributed by atoms with E-state index >= 15 is 0 Å². The van der Waals surface area contributed by atoms with Crippen molar-refractivity contribution in [2.24, 2.45) is 0 Å². The molecule has 6 nitrogen and oxygen atoms in total. The first-order chi connectivity index (χ1) is 9.25. The number of nitrogens with zero attached hydrogens (tertiary/aromatic N) is 2. The Morgan fingerprint density at radius 2 is 1.53 bits per heavy atom. The second kappa shape index (κ2) is 5.90. The Kier molecular flexibility index (Phi) is 4.02. The minimum atomic E-state index is 0.493. The van der Waals surface area contributed by atoms with Gasteiger partial charge < -0.3 is 19.5 Å². The Balaban J connectivity index is 2.26. The van der Waals surface area contributed by atoms with Crippen LogP contribution in [0.2, 0.25) is 0 Å². The standard InChI is InChI=1S/C13H15N3O3/c1-17-10-4-9(5-11(6-10)18-2)16-12-7-13(19-3)15-8-14-12/h4-8H,1-3H3,(H,14,15,16). The van der Waals surface area contributed by atoms with E-state index in [1.165, 1.54) is 6.33 Å². The number of benzene rings is 1. The van der Waals surface area contributed by atoms with Crippen LogP contribution in [0, 0.1) is 0 Å². The van der Waals surface area contributed by atoms with Gasteiger partial charge in [0.2, 0.25) is 5.88 Å². The van der Waals surface area contributed by atoms with E-state index in [9.17, 15) is 0 Å². The SMILES string of the molecule is COc1cc(Nc2cc(OC)ncn2)cc(OC)c1. The van der Waals surface area contributed by atoms with Crippen molar-refractivity contribution in [3.05, 3.63) is 30.6 Å². The maximum absolute atomic E-state index is 5.20. The summed E-state index contributed by atoms with van der Waals surface area (Å²) >= 11 is 0. The number of anilines is 2. The van der Waals surface area contributed by atoms with Crippen molar-refractivity contribution in [3.63, 3.8) is 0 Å². The van der Waals surface area contributed by atoms with E-state index < -0.39 is 0 Å². The van der Waals surface area contributed by atoms with Crippen molar-refractivity contribution in [2.45, 2.75) is 0 Å². The fraction of sp³-hybridized carbons (Fsp3) is 0.231. The molecule has 0 radical (unpaired) electrons. The fourth-order valence-corrected chi connectivity index (χ4v) is 1.55. The van der Waals surface area contributed by atoms with Crippen molar-refractivity contribution in [2.75, 3.05) is 26.6 Å². The minimum Gasteiger partial charge on any atom is -0.497 e. The summed E-state index contributed by atoms with van der Waals surface area (Å²) < 4.78 is 15.4. The monoisotopic (exact) mass is 261 g/mol. The van der Waals surface area contributed by atoms with Crippen molar-refractivity contribution >= 4 is 11.5 Å². The summed E-state index contributed by atoms with van der Waals surface area (Å²) in [6.45, 7) is 0. The Morgan fingerprint density at radius 1 is 0.842 bits per heavy atom. The van der Waals surface area contributed by atoms with Crippen molar-refractivity contribution in [3.8, 4) is 17.4 Å². The molecule has 0 unspecified atom stereocenters. The molecule has 0 spiro atoms. The average Bonchev–Trinajstić information content (AvgIpc) is 2.47. The van der Waals surface area contributed by atoms with Gasteiger partial charge in [-0.3, -0.25) is 0 Å². The Bertz CT molecular complexity index is 538. The maximum atomic E-state index is 5.20.